The number of ether oxygens (including phenoxy) is 1. The molecule has 0 aliphatic carbocycles. The molecule has 0 radical (unpaired) electrons. The van der Waals surface area contributed by atoms with Gasteiger partial charge in [-0.1, -0.05) is 23.7 Å². The van der Waals surface area contributed by atoms with E-state index in [0.717, 1.165) is 16.1 Å². The molecule has 1 atom stereocenters. The van der Waals surface area contributed by atoms with Gasteiger partial charge >= 0.3 is 0 Å². The van der Waals surface area contributed by atoms with Crippen molar-refractivity contribution < 1.29 is 9.84 Å². The first-order chi connectivity index (χ1) is 7.13. The van der Waals surface area contributed by atoms with Crippen molar-refractivity contribution in [3.05, 3.63) is 34.3 Å². The standard InChI is InChI=1S/C12H17ClO2/c1-9-7-10(3-4-12(9)13)8-11(14)5-6-15-2/h3-4,7,11,14H,5-6,8H2,1-2H3. The van der Waals surface area contributed by atoms with Gasteiger partial charge in [0.2, 0.25) is 0 Å². The lowest BCUT2D eigenvalue weighted by atomic mass is 10.0. The molecular formula is C12H17ClO2. The summed E-state index contributed by atoms with van der Waals surface area (Å²) < 4.78 is 4.91. The first kappa shape index (κ1) is 12.5. The maximum atomic E-state index is 9.68. The summed E-state index contributed by atoms with van der Waals surface area (Å²) in [6, 6.07) is 5.83. The maximum absolute atomic E-state index is 9.68. The van der Waals surface area contributed by atoms with E-state index in [1.165, 1.54) is 0 Å². The highest BCUT2D eigenvalue weighted by molar-refractivity contribution is 6.31. The van der Waals surface area contributed by atoms with Gasteiger partial charge in [0.15, 0.2) is 0 Å². The Bertz CT molecular complexity index is 312. The second-order valence-corrected chi connectivity index (χ2v) is 4.13. The molecule has 0 spiro atoms. The van der Waals surface area contributed by atoms with Crippen LogP contribution in [0.1, 0.15) is 17.5 Å². The summed E-state index contributed by atoms with van der Waals surface area (Å²) in [5.41, 5.74) is 2.16. The Morgan fingerprint density at radius 1 is 1.47 bits per heavy atom. The van der Waals surface area contributed by atoms with Crippen LogP contribution in [0.25, 0.3) is 0 Å². The van der Waals surface area contributed by atoms with Gasteiger partial charge in [0, 0.05) is 18.7 Å². The van der Waals surface area contributed by atoms with E-state index in [-0.39, 0.29) is 6.10 Å². The Labute approximate surface area is 95.8 Å². The smallest absolute Gasteiger partial charge is 0.0602 e. The van der Waals surface area contributed by atoms with Crippen molar-refractivity contribution >= 4 is 11.6 Å². The van der Waals surface area contributed by atoms with Gasteiger partial charge in [-0.05, 0) is 37.0 Å². The van der Waals surface area contributed by atoms with Crippen molar-refractivity contribution in [3.63, 3.8) is 0 Å². The number of hydrogen-bond donors (Lipinski definition) is 1. The van der Waals surface area contributed by atoms with Crippen molar-refractivity contribution in [2.75, 3.05) is 13.7 Å². The monoisotopic (exact) mass is 228 g/mol. The molecule has 0 amide bonds. The van der Waals surface area contributed by atoms with Crippen LogP contribution in [0.3, 0.4) is 0 Å². The molecular weight excluding hydrogens is 212 g/mol. The molecule has 0 aromatic heterocycles. The fourth-order valence-electron chi connectivity index (χ4n) is 1.46. The first-order valence-corrected chi connectivity index (χ1v) is 5.43. The first-order valence-electron chi connectivity index (χ1n) is 5.05. The molecule has 0 saturated heterocycles. The third-order valence-electron chi connectivity index (χ3n) is 2.35. The van der Waals surface area contributed by atoms with Crippen LogP contribution in [0.4, 0.5) is 0 Å². The van der Waals surface area contributed by atoms with E-state index in [4.69, 9.17) is 16.3 Å². The average Bonchev–Trinajstić information content (AvgIpc) is 2.20. The zero-order chi connectivity index (χ0) is 11.3. The number of methoxy groups -OCH3 is 1. The Kier molecular flexibility index (Phi) is 5.09. The minimum atomic E-state index is -0.342. The van der Waals surface area contributed by atoms with Crippen LogP contribution < -0.4 is 0 Å². The second-order valence-electron chi connectivity index (χ2n) is 3.72. The molecule has 1 aromatic rings. The number of rotatable bonds is 5. The summed E-state index contributed by atoms with van der Waals surface area (Å²) in [7, 11) is 1.64. The van der Waals surface area contributed by atoms with Crippen LogP contribution in [0.5, 0.6) is 0 Å². The molecule has 0 bridgehead atoms. The van der Waals surface area contributed by atoms with Crippen molar-refractivity contribution in [1.82, 2.24) is 0 Å². The number of benzene rings is 1. The van der Waals surface area contributed by atoms with Crippen LogP contribution in [-0.4, -0.2) is 24.9 Å². The molecule has 0 heterocycles. The Hall–Kier alpha value is -0.570. The van der Waals surface area contributed by atoms with Crippen molar-refractivity contribution in [2.24, 2.45) is 0 Å². The van der Waals surface area contributed by atoms with Crippen molar-refractivity contribution in [3.8, 4) is 0 Å². The fraction of sp³-hybridized carbons (Fsp3) is 0.500. The van der Waals surface area contributed by atoms with E-state index in [0.29, 0.717) is 19.4 Å². The van der Waals surface area contributed by atoms with Crippen LogP contribution in [0.2, 0.25) is 5.02 Å². The maximum Gasteiger partial charge on any atom is 0.0602 e. The van der Waals surface area contributed by atoms with E-state index in [2.05, 4.69) is 0 Å². The van der Waals surface area contributed by atoms with Gasteiger partial charge < -0.3 is 9.84 Å². The van der Waals surface area contributed by atoms with Gasteiger partial charge in [-0.15, -0.1) is 0 Å². The molecule has 3 heteroatoms. The summed E-state index contributed by atoms with van der Waals surface area (Å²) in [5, 5.41) is 10.4. The molecule has 2 nitrogen and oxygen atoms in total. The van der Waals surface area contributed by atoms with Crippen molar-refractivity contribution in [1.29, 1.82) is 0 Å². The molecule has 0 fully saturated rings. The van der Waals surface area contributed by atoms with Gasteiger partial charge in [0.05, 0.1) is 6.10 Å². The van der Waals surface area contributed by atoms with Crippen molar-refractivity contribution in [2.45, 2.75) is 25.9 Å². The van der Waals surface area contributed by atoms with Gasteiger partial charge in [-0.25, -0.2) is 0 Å². The minimum Gasteiger partial charge on any atom is -0.393 e. The normalized spacial score (nSPS) is 12.8. The molecule has 1 rings (SSSR count). The Morgan fingerprint density at radius 3 is 2.80 bits per heavy atom. The Balaban J connectivity index is 2.53. The van der Waals surface area contributed by atoms with Gasteiger partial charge in [-0.2, -0.15) is 0 Å². The van der Waals surface area contributed by atoms with Gasteiger partial charge in [0.25, 0.3) is 0 Å². The lowest BCUT2D eigenvalue weighted by molar-refractivity contribution is 0.110. The molecule has 84 valence electrons. The highest BCUT2D eigenvalue weighted by atomic mass is 35.5. The van der Waals surface area contributed by atoms with E-state index >= 15 is 0 Å². The van der Waals surface area contributed by atoms with Gasteiger partial charge in [-0.3, -0.25) is 0 Å². The van der Waals surface area contributed by atoms with E-state index in [9.17, 15) is 5.11 Å². The zero-order valence-corrected chi connectivity index (χ0v) is 9.92. The summed E-state index contributed by atoms with van der Waals surface area (Å²) in [4.78, 5) is 0. The highest BCUT2D eigenvalue weighted by Gasteiger charge is 2.06. The summed E-state index contributed by atoms with van der Waals surface area (Å²) in [6.07, 6.45) is 0.977. The lowest BCUT2D eigenvalue weighted by Crippen LogP contribution is -2.13. The predicted molar refractivity (Wildman–Crippen MR) is 62.4 cm³/mol. The summed E-state index contributed by atoms with van der Waals surface area (Å²) >= 11 is 5.92. The molecule has 0 saturated carbocycles. The van der Waals surface area contributed by atoms with Crippen LogP contribution in [0.15, 0.2) is 18.2 Å². The summed E-state index contributed by atoms with van der Waals surface area (Å²) in [6.45, 7) is 2.56. The molecule has 15 heavy (non-hydrogen) atoms. The predicted octanol–water partition coefficient (Wildman–Crippen LogP) is 2.59. The fourth-order valence-corrected chi connectivity index (χ4v) is 1.58. The number of aliphatic hydroxyl groups excluding tert-OH is 1. The molecule has 0 aliphatic heterocycles. The number of aliphatic hydroxyl groups is 1. The van der Waals surface area contributed by atoms with Crippen LogP contribution in [-0.2, 0) is 11.2 Å². The van der Waals surface area contributed by atoms with E-state index < -0.39 is 0 Å². The number of halogens is 1. The molecule has 1 N–H and O–H groups in total. The average molecular weight is 229 g/mol. The largest absolute Gasteiger partial charge is 0.393 e. The van der Waals surface area contributed by atoms with E-state index in [1.807, 2.05) is 25.1 Å². The number of aryl methyl sites for hydroxylation is 1. The van der Waals surface area contributed by atoms with E-state index in [1.54, 1.807) is 7.11 Å². The van der Waals surface area contributed by atoms with Crippen LogP contribution >= 0.6 is 11.6 Å². The van der Waals surface area contributed by atoms with Crippen LogP contribution in [0, 0.1) is 6.92 Å². The SMILES string of the molecule is COCCC(O)Cc1ccc(Cl)c(C)c1. The zero-order valence-electron chi connectivity index (χ0n) is 9.16. The highest BCUT2D eigenvalue weighted by Crippen LogP contribution is 2.17. The summed E-state index contributed by atoms with van der Waals surface area (Å²) in [5.74, 6) is 0. The molecule has 0 aliphatic rings. The number of hydrogen-bond acceptors (Lipinski definition) is 2. The lowest BCUT2D eigenvalue weighted by Gasteiger charge is -2.10. The quantitative estimate of drug-likeness (QED) is 0.840. The topological polar surface area (TPSA) is 29.5 Å². The minimum absolute atomic E-state index is 0.342. The molecule has 1 unspecified atom stereocenters. The Morgan fingerprint density at radius 2 is 2.20 bits per heavy atom. The van der Waals surface area contributed by atoms with Gasteiger partial charge in [0.1, 0.15) is 0 Å². The third-order valence-corrected chi connectivity index (χ3v) is 2.77. The molecule has 1 aromatic carbocycles. The second kappa shape index (κ2) is 6.11. The third kappa shape index (κ3) is 4.20.